The summed E-state index contributed by atoms with van der Waals surface area (Å²) in [6.45, 7) is 10.8. The van der Waals surface area contributed by atoms with Crippen molar-refractivity contribution in [3.63, 3.8) is 0 Å². The van der Waals surface area contributed by atoms with E-state index in [0.29, 0.717) is 23.4 Å². The zero-order valence-corrected chi connectivity index (χ0v) is 21.9. The van der Waals surface area contributed by atoms with Crippen LogP contribution >= 0.6 is 11.6 Å². The highest BCUT2D eigenvalue weighted by Gasteiger charge is 2.37. The molecule has 1 N–H and O–H groups in total. The Balaban J connectivity index is 1.98. The standard InChI is InChI=1S/C29H39ClN2O2/c1-20(2)22-11-13-24(14-12-22)28(34)32(19-21-9-7-6-8-10-21)26(27(33)31-29(3,4)5)23-15-17-25(30)18-16-23/h6-10,15-18,20,22,24,26H,11-14,19H2,1-5H3,(H,31,33). The average molecular weight is 483 g/mol. The Labute approximate surface area is 210 Å². The number of nitrogens with zero attached hydrogens (tertiary/aromatic N) is 1. The Bertz CT molecular complexity index is 942. The molecule has 34 heavy (non-hydrogen) atoms. The monoisotopic (exact) mass is 482 g/mol. The van der Waals surface area contributed by atoms with E-state index in [1.807, 2.05) is 63.2 Å². The smallest absolute Gasteiger partial charge is 0.247 e. The maximum absolute atomic E-state index is 14.1. The first-order chi connectivity index (χ1) is 16.0. The quantitative estimate of drug-likeness (QED) is 0.472. The molecular weight excluding hydrogens is 444 g/mol. The van der Waals surface area contributed by atoms with Crippen LogP contribution in [0.3, 0.4) is 0 Å². The van der Waals surface area contributed by atoms with E-state index in [4.69, 9.17) is 11.6 Å². The number of nitrogens with one attached hydrogen (secondary N) is 1. The molecule has 0 aromatic heterocycles. The molecule has 2 aromatic rings. The highest BCUT2D eigenvalue weighted by atomic mass is 35.5. The van der Waals surface area contributed by atoms with Crippen LogP contribution in [-0.2, 0) is 16.1 Å². The van der Waals surface area contributed by atoms with Crippen molar-refractivity contribution in [2.75, 3.05) is 0 Å². The predicted octanol–water partition coefficient (Wildman–Crippen LogP) is 6.79. The zero-order chi connectivity index (χ0) is 24.9. The fraction of sp³-hybridized carbons (Fsp3) is 0.517. The van der Waals surface area contributed by atoms with E-state index in [9.17, 15) is 9.59 Å². The Morgan fingerprint density at radius 3 is 2.09 bits per heavy atom. The zero-order valence-electron chi connectivity index (χ0n) is 21.2. The summed E-state index contributed by atoms with van der Waals surface area (Å²) in [4.78, 5) is 29.5. The first-order valence-corrected chi connectivity index (χ1v) is 12.8. The van der Waals surface area contributed by atoms with Crippen LogP contribution in [-0.4, -0.2) is 22.3 Å². The molecule has 5 heteroatoms. The van der Waals surface area contributed by atoms with E-state index >= 15 is 0 Å². The fourth-order valence-electron chi connectivity index (χ4n) is 4.90. The Hall–Kier alpha value is -2.33. The number of hydrogen-bond acceptors (Lipinski definition) is 2. The molecule has 0 heterocycles. The summed E-state index contributed by atoms with van der Waals surface area (Å²) in [5.41, 5.74) is 1.36. The van der Waals surface area contributed by atoms with E-state index < -0.39 is 11.6 Å². The molecule has 1 aliphatic carbocycles. The van der Waals surface area contributed by atoms with Crippen molar-refractivity contribution < 1.29 is 9.59 Å². The second-order valence-corrected chi connectivity index (χ2v) is 11.4. The molecule has 0 saturated heterocycles. The fourth-order valence-corrected chi connectivity index (χ4v) is 5.03. The molecule has 1 atom stereocenters. The Kier molecular flexibility index (Phi) is 8.81. The predicted molar refractivity (Wildman–Crippen MR) is 139 cm³/mol. The lowest BCUT2D eigenvalue weighted by atomic mass is 9.76. The summed E-state index contributed by atoms with van der Waals surface area (Å²) in [5, 5.41) is 3.72. The van der Waals surface area contributed by atoms with Crippen LogP contribution in [0.1, 0.15) is 77.5 Å². The van der Waals surface area contributed by atoms with Crippen LogP contribution < -0.4 is 5.32 Å². The second kappa shape index (κ2) is 11.4. The van der Waals surface area contributed by atoms with Crippen LogP contribution in [0.2, 0.25) is 5.02 Å². The Morgan fingerprint density at radius 2 is 1.56 bits per heavy atom. The molecule has 184 valence electrons. The molecule has 2 aromatic carbocycles. The van der Waals surface area contributed by atoms with Crippen LogP contribution in [0.5, 0.6) is 0 Å². The number of amides is 2. The lowest BCUT2D eigenvalue weighted by molar-refractivity contribution is -0.146. The minimum Gasteiger partial charge on any atom is -0.349 e. The maximum atomic E-state index is 14.1. The van der Waals surface area contributed by atoms with Gasteiger partial charge >= 0.3 is 0 Å². The van der Waals surface area contributed by atoms with Crippen molar-refractivity contribution in [1.29, 1.82) is 0 Å². The number of carbonyl (C=O) groups is 2. The van der Waals surface area contributed by atoms with E-state index in [1.165, 1.54) is 0 Å². The average Bonchev–Trinajstić information content (AvgIpc) is 2.79. The molecule has 3 rings (SSSR count). The third kappa shape index (κ3) is 7.09. The van der Waals surface area contributed by atoms with Crippen LogP contribution in [0.15, 0.2) is 54.6 Å². The summed E-state index contributed by atoms with van der Waals surface area (Å²) < 4.78 is 0. The molecule has 0 radical (unpaired) electrons. The van der Waals surface area contributed by atoms with Crippen molar-refractivity contribution in [1.82, 2.24) is 10.2 Å². The molecule has 1 unspecified atom stereocenters. The normalized spacial score (nSPS) is 19.5. The van der Waals surface area contributed by atoms with E-state index in [0.717, 1.165) is 36.8 Å². The van der Waals surface area contributed by atoms with E-state index in [-0.39, 0.29) is 17.7 Å². The summed E-state index contributed by atoms with van der Waals surface area (Å²) in [6, 6.07) is 16.5. The largest absolute Gasteiger partial charge is 0.349 e. The van der Waals surface area contributed by atoms with Crippen molar-refractivity contribution in [3.05, 3.63) is 70.7 Å². The Morgan fingerprint density at radius 1 is 0.971 bits per heavy atom. The molecule has 0 bridgehead atoms. The van der Waals surface area contributed by atoms with E-state index in [2.05, 4.69) is 19.2 Å². The van der Waals surface area contributed by atoms with Gasteiger partial charge in [-0.05, 0) is 81.5 Å². The van der Waals surface area contributed by atoms with Gasteiger partial charge in [0.25, 0.3) is 0 Å². The highest BCUT2D eigenvalue weighted by Crippen LogP contribution is 2.36. The topological polar surface area (TPSA) is 49.4 Å². The van der Waals surface area contributed by atoms with Gasteiger partial charge in [-0.15, -0.1) is 0 Å². The number of benzene rings is 2. The maximum Gasteiger partial charge on any atom is 0.247 e. The van der Waals surface area contributed by atoms with Crippen molar-refractivity contribution in [2.45, 2.75) is 78.4 Å². The summed E-state index contributed by atoms with van der Waals surface area (Å²) in [6.07, 6.45) is 3.88. The van der Waals surface area contributed by atoms with Crippen molar-refractivity contribution in [2.24, 2.45) is 17.8 Å². The number of carbonyl (C=O) groups excluding carboxylic acids is 2. The summed E-state index contributed by atoms with van der Waals surface area (Å²) in [7, 11) is 0. The second-order valence-electron chi connectivity index (χ2n) is 11.0. The third-order valence-electron chi connectivity index (χ3n) is 6.79. The van der Waals surface area contributed by atoms with Gasteiger partial charge in [0.05, 0.1) is 0 Å². The van der Waals surface area contributed by atoms with Gasteiger partial charge in [0.1, 0.15) is 6.04 Å². The number of rotatable bonds is 7. The summed E-state index contributed by atoms with van der Waals surface area (Å²) >= 11 is 6.15. The van der Waals surface area contributed by atoms with Crippen molar-refractivity contribution in [3.8, 4) is 0 Å². The SMILES string of the molecule is CC(C)C1CCC(C(=O)N(Cc2ccccc2)C(C(=O)NC(C)(C)C)c2ccc(Cl)cc2)CC1. The highest BCUT2D eigenvalue weighted by molar-refractivity contribution is 6.30. The van der Waals surface area contributed by atoms with Gasteiger partial charge in [-0.2, -0.15) is 0 Å². The van der Waals surface area contributed by atoms with Crippen LogP contribution in [0.25, 0.3) is 0 Å². The first kappa shape index (κ1) is 26.3. The van der Waals surface area contributed by atoms with Crippen molar-refractivity contribution >= 4 is 23.4 Å². The van der Waals surface area contributed by atoms with Crippen LogP contribution in [0, 0.1) is 17.8 Å². The van der Waals surface area contributed by atoms with Gasteiger partial charge in [0, 0.05) is 23.0 Å². The molecule has 4 nitrogen and oxygen atoms in total. The minimum absolute atomic E-state index is 0.0593. The molecule has 1 saturated carbocycles. The molecule has 1 fully saturated rings. The lowest BCUT2D eigenvalue weighted by Gasteiger charge is -2.38. The molecule has 0 aliphatic heterocycles. The summed E-state index contributed by atoms with van der Waals surface area (Å²) in [5.74, 6) is 1.14. The molecule has 1 aliphatic rings. The molecular formula is C29H39ClN2O2. The lowest BCUT2D eigenvalue weighted by Crippen LogP contribution is -2.50. The van der Waals surface area contributed by atoms with Gasteiger partial charge in [0.15, 0.2) is 0 Å². The van der Waals surface area contributed by atoms with Gasteiger partial charge in [0.2, 0.25) is 11.8 Å². The number of hydrogen-bond donors (Lipinski definition) is 1. The van der Waals surface area contributed by atoms with Gasteiger partial charge < -0.3 is 10.2 Å². The first-order valence-electron chi connectivity index (χ1n) is 12.5. The molecule has 2 amide bonds. The van der Waals surface area contributed by atoms with E-state index in [1.54, 1.807) is 17.0 Å². The van der Waals surface area contributed by atoms with Gasteiger partial charge in [-0.25, -0.2) is 0 Å². The van der Waals surface area contributed by atoms with Gasteiger partial charge in [-0.1, -0.05) is 67.9 Å². The third-order valence-corrected chi connectivity index (χ3v) is 7.04. The number of halogens is 1. The minimum atomic E-state index is -0.730. The molecule has 0 spiro atoms. The van der Waals surface area contributed by atoms with Crippen LogP contribution in [0.4, 0.5) is 0 Å². The van der Waals surface area contributed by atoms with Gasteiger partial charge in [-0.3, -0.25) is 9.59 Å².